The van der Waals surface area contributed by atoms with Gasteiger partial charge in [-0.15, -0.1) is 11.3 Å². The van der Waals surface area contributed by atoms with E-state index in [1.807, 2.05) is 6.07 Å². The van der Waals surface area contributed by atoms with Crippen LogP contribution in [0.3, 0.4) is 0 Å². The molecule has 23 heavy (non-hydrogen) atoms. The molecule has 0 fully saturated rings. The highest BCUT2D eigenvalue weighted by molar-refractivity contribution is 7.13. The van der Waals surface area contributed by atoms with Crippen LogP contribution in [-0.4, -0.2) is 24.7 Å². The topological polar surface area (TPSA) is 89.6 Å². The Kier molecular flexibility index (Phi) is 3.12. The molecule has 0 aliphatic rings. The van der Waals surface area contributed by atoms with Gasteiger partial charge in [0, 0.05) is 16.6 Å². The van der Waals surface area contributed by atoms with E-state index in [0.29, 0.717) is 17.4 Å². The lowest BCUT2D eigenvalue weighted by Gasteiger charge is -2.01. The first-order chi connectivity index (χ1) is 11.1. The molecule has 0 unspecified atom stereocenters. The van der Waals surface area contributed by atoms with Gasteiger partial charge >= 0.3 is 5.69 Å². The van der Waals surface area contributed by atoms with Crippen molar-refractivity contribution < 1.29 is 4.52 Å². The molecule has 4 heterocycles. The summed E-state index contributed by atoms with van der Waals surface area (Å²) in [6.45, 7) is 4.01. The van der Waals surface area contributed by atoms with E-state index in [0.717, 1.165) is 16.0 Å². The van der Waals surface area contributed by atoms with Crippen molar-refractivity contribution in [1.29, 1.82) is 0 Å². The van der Waals surface area contributed by atoms with E-state index in [2.05, 4.69) is 38.5 Å². The number of nitrogens with zero attached hydrogens (tertiary/aromatic N) is 4. The molecule has 116 valence electrons. The van der Waals surface area contributed by atoms with E-state index in [-0.39, 0.29) is 12.2 Å². The third-order valence-corrected chi connectivity index (χ3v) is 4.60. The van der Waals surface area contributed by atoms with Crippen molar-refractivity contribution in [1.82, 2.24) is 24.7 Å². The number of pyridine rings is 1. The number of aromatic amines is 1. The number of hydrogen-bond acceptors (Lipinski definition) is 6. The Bertz CT molecular complexity index is 1060. The average molecular weight is 327 g/mol. The van der Waals surface area contributed by atoms with Gasteiger partial charge in [-0.05, 0) is 36.9 Å². The molecular formula is C15H13N5O2S. The summed E-state index contributed by atoms with van der Waals surface area (Å²) < 4.78 is 6.66. The fourth-order valence-electron chi connectivity index (χ4n) is 2.45. The Labute approximate surface area is 134 Å². The van der Waals surface area contributed by atoms with Gasteiger partial charge in [0.2, 0.25) is 5.89 Å². The molecule has 0 aliphatic carbocycles. The molecule has 0 radical (unpaired) electrons. The predicted octanol–water partition coefficient (Wildman–Crippen LogP) is 2.50. The second-order valence-electron chi connectivity index (χ2n) is 5.33. The highest BCUT2D eigenvalue weighted by Gasteiger charge is 2.13. The molecule has 4 rings (SSSR count). The molecule has 0 spiro atoms. The first kappa shape index (κ1) is 13.9. The number of imidazole rings is 1. The Hall–Kier alpha value is -2.74. The maximum Gasteiger partial charge on any atom is 0.328 e. The second-order valence-corrected chi connectivity index (χ2v) is 6.24. The number of H-pyrrole nitrogens is 1. The van der Waals surface area contributed by atoms with Crippen LogP contribution in [0.15, 0.2) is 33.0 Å². The minimum atomic E-state index is -0.247. The van der Waals surface area contributed by atoms with Gasteiger partial charge in [-0.2, -0.15) is 4.98 Å². The molecule has 0 aliphatic heterocycles. The summed E-state index contributed by atoms with van der Waals surface area (Å²) in [6, 6.07) is 4.05. The highest BCUT2D eigenvalue weighted by Crippen LogP contribution is 2.28. The van der Waals surface area contributed by atoms with Crippen LogP contribution in [0.5, 0.6) is 0 Å². The molecule has 0 bridgehead atoms. The second kappa shape index (κ2) is 5.17. The number of hydrogen-bond donors (Lipinski definition) is 1. The number of rotatable bonds is 3. The molecular weight excluding hydrogens is 314 g/mol. The Morgan fingerprint density at radius 1 is 1.35 bits per heavy atom. The molecule has 7 nitrogen and oxygen atoms in total. The van der Waals surface area contributed by atoms with Gasteiger partial charge in [-0.25, -0.2) is 9.78 Å². The molecule has 0 saturated carbocycles. The van der Waals surface area contributed by atoms with E-state index in [4.69, 9.17) is 4.52 Å². The Morgan fingerprint density at radius 2 is 2.22 bits per heavy atom. The number of nitrogens with one attached hydrogen (secondary N) is 1. The monoisotopic (exact) mass is 327 g/mol. The first-order valence-electron chi connectivity index (χ1n) is 7.03. The van der Waals surface area contributed by atoms with Crippen LogP contribution >= 0.6 is 11.3 Å². The van der Waals surface area contributed by atoms with Crippen LogP contribution in [0, 0.1) is 13.8 Å². The van der Waals surface area contributed by atoms with Gasteiger partial charge < -0.3 is 4.52 Å². The van der Waals surface area contributed by atoms with Crippen molar-refractivity contribution in [3.8, 4) is 10.4 Å². The molecule has 4 aromatic rings. The summed E-state index contributed by atoms with van der Waals surface area (Å²) in [5.41, 5.74) is 3.20. The summed E-state index contributed by atoms with van der Waals surface area (Å²) in [6.07, 6.45) is 1.77. The van der Waals surface area contributed by atoms with Crippen molar-refractivity contribution in [3.05, 3.63) is 51.5 Å². The SMILES string of the molecule is Cc1csc(-c2cnc3[nH]c(=O)n(Cc4nc(C)no4)c3c2)c1. The van der Waals surface area contributed by atoms with Crippen molar-refractivity contribution in [3.63, 3.8) is 0 Å². The van der Waals surface area contributed by atoms with E-state index >= 15 is 0 Å². The molecule has 0 atom stereocenters. The molecule has 0 saturated heterocycles. The van der Waals surface area contributed by atoms with Gasteiger partial charge in [0.15, 0.2) is 11.5 Å². The number of aromatic nitrogens is 5. The number of thiophene rings is 1. The normalized spacial score (nSPS) is 11.4. The van der Waals surface area contributed by atoms with Gasteiger partial charge in [0.25, 0.3) is 0 Å². The standard InChI is InChI=1S/C15H13N5O2S/c1-8-3-12(23-7-8)10-4-11-14(16-5-10)18-15(21)20(11)6-13-17-9(2)19-22-13/h3-5,7H,6H2,1-2H3,(H,16,18,21). The highest BCUT2D eigenvalue weighted by atomic mass is 32.1. The van der Waals surface area contributed by atoms with Crippen molar-refractivity contribution >= 4 is 22.5 Å². The van der Waals surface area contributed by atoms with Gasteiger partial charge in [0.05, 0.1) is 5.52 Å². The predicted molar refractivity (Wildman–Crippen MR) is 86.5 cm³/mol. The maximum absolute atomic E-state index is 12.2. The summed E-state index contributed by atoms with van der Waals surface area (Å²) in [4.78, 5) is 24.6. The van der Waals surface area contributed by atoms with Gasteiger partial charge in [-0.1, -0.05) is 5.16 Å². The molecule has 4 aromatic heterocycles. The summed E-state index contributed by atoms with van der Waals surface area (Å²) in [5, 5.41) is 5.84. The summed E-state index contributed by atoms with van der Waals surface area (Å²) in [7, 11) is 0. The van der Waals surface area contributed by atoms with E-state index in [9.17, 15) is 4.79 Å². The lowest BCUT2D eigenvalue weighted by Crippen LogP contribution is -2.17. The number of fused-ring (bicyclic) bond motifs is 1. The maximum atomic E-state index is 12.2. The molecule has 0 aromatic carbocycles. The average Bonchev–Trinajstić information content (AvgIpc) is 3.20. The lowest BCUT2D eigenvalue weighted by molar-refractivity contribution is 0.368. The van der Waals surface area contributed by atoms with Gasteiger partial charge in [-0.3, -0.25) is 9.55 Å². The first-order valence-corrected chi connectivity index (χ1v) is 7.91. The Morgan fingerprint density at radius 3 is 2.91 bits per heavy atom. The fraction of sp³-hybridized carbons (Fsp3) is 0.200. The zero-order valence-electron chi connectivity index (χ0n) is 12.5. The van der Waals surface area contributed by atoms with Crippen LogP contribution in [0.25, 0.3) is 21.6 Å². The molecule has 8 heteroatoms. The molecule has 1 N–H and O–H groups in total. The van der Waals surface area contributed by atoms with E-state index < -0.39 is 0 Å². The zero-order valence-corrected chi connectivity index (χ0v) is 13.3. The third-order valence-electron chi connectivity index (χ3n) is 3.51. The van der Waals surface area contributed by atoms with Crippen LogP contribution in [0.4, 0.5) is 0 Å². The van der Waals surface area contributed by atoms with Crippen molar-refractivity contribution in [2.45, 2.75) is 20.4 Å². The largest absolute Gasteiger partial charge is 0.337 e. The van der Waals surface area contributed by atoms with Crippen LogP contribution in [0.2, 0.25) is 0 Å². The minimum Gasteiger partial charge on any atom is -0.337 e. The lowest BCUT2D eigenvalue weighted by atomic mass is 10.2. The van der Waals surface area contributed by atoms with Crippen molar-refractivity contribution in [2.75, 3.05) is 0 Å². The summed E-state index contributed by atoms with van der Waals surface area (Å²) in [5.74, 6) is 0.934. The van der Waals surface area contributed by atoms with Gasteiger partial charge in [0.1, 0.15) is 6.54 Å². The minimum absolute atomic E-state index is 0.217. The smallest absolute Gasteiger partial charge is 0.328 e. The summed E-state index contributed by atoms with van der Waals surface area (Å²) >= 11 is 1.65. The van der Waals surface area contributed by atoms with Crippen LogP contribution in [0.1, 0.15) is 17.3 Å². The third kappa shape index (κ3) is 2.46. The number of aryl methyl sites for hydroxylation is 2. The quantitative estimate of drug-likeness (QED) is 0.624. The molecule has 0 amide bonds. The van der Waals surface area contributed by atoms with Crippen LogP contribution in [-0.2, 0) is 6.54 Å². The van der Waals surface area contributed by atoms with Crippen LogP contribution < -0.4 is 5.69 Å². The van der Waals surface area contributed by atoms with E-state index in [1.165, 1.54) is 5.56 Å². The van der Waals surface area contributed by atoms with Crippen molar-refractivity contribution in [2.24, 2.45) is 0 Å². The zero-order chi connectivity index (χ0) is 16.0. The Balaban J connectivity index is 1.83. The fourth-order valence-corrected chi connectivity index (χ4v) is 3.33. The van der Waals surface area contributed by atoms with E-state index in [1.54, 1.807) is 29.0 Å².